The normalized spacial score (nSPS) is 12.5. The van der Waals surface area contributed by atoms with E-state index in [9.17, 15) is 14.4 Å². The molecule has 1 aliphatic rings. The molecular formula is C17H15N3O4. The van der Waals surface area contributed by atoms with Gasteiger partial charge in [0, 0.05) is 18.3 Å². The van der Waals surface area contributed by atoms with Gasteiger partial charge in [-0.15, -0.1) is 0 Å². The van der Waals surface area contributed by atoms with E-state index in [4.69, 9.17) is 4.74 Å². The zero-order valence-electron chi connectivity index (χ0n) is 12.9. The minimum absolute atomic E-state index is 0.0668. The molecule has 0 bridgehead atoms. The average molecular weight is 325 g/mol. The monoisotopic (exact) mass is 325 g/mol. The molecule has 0 saturated heterocycles. The number of rotatable bonds is 3. The van der Waals surface area contributed by atoms with Crippen LogP contribution in [0.25, 0.3) is 0 Å². The van der Waals surface area contributed by atoms with Crippen molar-refractivity contribution in [2.75, 3.05) is 22.6 Å². The maximum absolute atomic E-state index is 12.5. The second-order valence-electron chi connectivity index (χ2n) is 5.23. The molecule has 3 rings (SSSR count). The van der Waals surface area contributed by atoms with Gasteiger partial charge in [0.15, 0.2) is 6.61 Å². The van der Waals surface area contributed by atoms with Crippen LogP contribution in [0.4, 0.5) is 17.1 Å². The van der Waals surface area contributed by atoms with Gasteiger partial charge in [0.25, 0.3) is 11.8 Å². The predicted octanol–water partition coefficient (Wildman–Crippen LogP) is 2.23. The number of ether oxygens (including phenoxy) is 1. The molecule has 0 aliphatic carbocycles. The molecule has 0 fully saturated rings. The molecule has 2 aromatic rings. The number of para-hydroxylation sites is 1. The number of hydrogen-bond donors (Lipinski definition) is 3. The lowest BCUT2D eigenvalue weighted by molar-refractivity contribution is -0.118. The van der Waals surface area contributed by atoms with Crippen molar-refractivity contribution >= 4 is 34.8 Å². The summed E-state index contributed by atoms with van der Waals surface area (Å²) in [6.45, 7) is 1.35. The fourth-order valence-electron chi connectivity index (χ4n) is 2.33. The van der Waals surface area contributed by atoms with Crippen molar-refractivity contribution in [3.8, 4) is 5.75 Å². The summed E-state index contributed by atoms with van der Waals surface area (Å²) in [5, 5.41) is 8.05. The lowest BCUT2D eigenvalue weighted by atomic mass is 10.1. The highest BCUT2D eigenvalue weighted by Crippen LogP contribution is 2.31. The van der Waals surface area contributed by atoms with Gasteiger partial charge < -0.3 is 20.7 Å². The van der Waals surface area contributed by atoms with Crippen LogP contribution < -0.4 is 20.7 Å². The largest absolute Gasteiger partial charge is 0.482 e. The third-order valence-electron chi connectivity index (χ3n) is 3.36. The molecule has 7 heteroatoms. The van der Waals surface area contributed by atoms with Crippen molar-refractivity contribution in [2.45, 2.75) is 6.92 Å². The van der Waals surface area contributed by atoms with Crippen LogP contribution in [0, 0.1) is 0 Å². The van der Waals surface area contributed by atoms with Gasteiger partial charge in [0.2, 0.25) is 5.91 Å². The number of nitrogens with one attached hydrogen (secondary N) is 3. The summed E-state index contributed by atoms with van der Waals surface area (Å²) in [6.07, 6.45) is 0. The standard InChI is InChI=1S/C17H15N3O4/c1-10(21)18-11-5-7-12(8-6-11)19-17(23)13-3-2-4-14-16(13)20-15(22)9-24-14/h2-8H,9H2,1H3,(H,18,21)(H,19,23)(H,20,22). The van der Waals surface area contributed by atoms with Crippen molar-refractivity contribution in [1.82, 2.24) is 0 Å². The molecule has 0 unspecified atom stereocenters. The smallest absolute Gasteiger partial charge is 0.262 e. The van der Waals surface area contributed by atoms with E-state index in [-0.39, 0.29) is 24.3 Å². The number of benzene rings is 2. The summed E-state index contributed by atoms with van der Waals surface area (Å²) >= 11 is 0. The molecule has 0 saturated carbocycles. The Labute approximate surface area is 138 Å². The van der Waals surface area contributed by atoms with E-state index in [2.05, 4.69) is 16.0 Å². The zero-order valence-corrected chi connectivity index (χ0v) is 12.9. The molecule has 122 valence electrons. The molecule has 0 atom stereocenters. The number of amides is 3. The van der Waals surface area contributed by atoms with Crippen LogP contribution >= 0.6 is 0 Å². The first kappa shape index (κ1) is 15.5. The third kappa shape index (κ3) is 3.35. The Balaban J connectivity index is 1.78. The molecule has 7 nitrogen and oxygen atoms in total. The lowest BCUT2D eigenvalue weighted by Gasteiger charge is -2.20. The molecular weight excluding hydrogens is 310 g/mol. The Kier molecular flexibility index (Phi) is 4.15. The van der Waals surface area contributed by atoms with Crippen molar-refractivity contribution in [3.63, 3.8) is 0 Å². The zero-order chi connectivity index (χ0) is 17.1. The number of carbonyl (C=O) groups is 3. The van der Waals surface area contributed by atoms with Crippen molar-refractivity contribution in [1.29, 1.82) is 0 Å². The molecule has 24 heavy (non-hydrogen) atoms. The Hall–Kier alpha value is -3.35. The topological polar surface area (TPSA) is 96.5 Å². The Bertz CT molecular complexity index is 815. The van der Waals surface area contributed by atoms with Gasteiger partial charge in [-0.1, -0.05) is 6.07 Å². The highest BCUT2D eigenvalue weighted by molar-refractivity contribution is 6.12. The van der Waals surface area contributed by atoms with Crippen molar-refractivity contribution in [2.24, 2.45) is 0 Å². The van der Waals surface area contributed by atoms with Crippen LogP contribution in [-0.4, -0.2) is 24.3 Å². The van der Waals surface area contributed by atoms with E-state index in [0.29, 0.717) is 28.4 Å². The summed E-state index contributed by atoms with van der Waals surface area (Å²) in [4.78, 5) is 34.9. The van der Waals surface area contributed by atoms with E-state index in [1.165, 1.54) is 6.92 Å². The van der Waals surface area contributed by atoms with E-state index in [0.717, 1.165) is 0 Å². The van der Waals surface area contributed by atoms with Gasteiger partial charge in [-0.25, -0.2) is 0 Å². The van der Waals surface area contributed by atoms with Crippen LogP contribution in [0.15, 0.2) is 42.5 Å². The number of carbonyl (C=O) groups excluding carboxylic acids is 3. The summed E-state index contributed by atoms with van der Waals surface area (Å²) in [5.41, 5.74) is 1.88. The first-order valence-electron chi connectivity index (χ1n) is 7.27. The van der Waals surface area contributed by atoms with Crippen LogP contribution in [0.5, 0.6) is 5.75 Å². The molecule has 2 aromatic carbocycles. The maximum atomic E-state index is 12.5. The Morgan fingerprint density at radius 2 is 1.71 bits per heavy atom. The molecule has 3 N–H and O–H groups in total. The summed E-state index contributed by atoms with van der Waals surface area (Å²) < 4.78 is 5.30. The fraction of sp³-hybridized carbons (Fsp3) is 0.118. The van der Waals surface area contributed by atoms with Crippen LogP contribution in [0.1, 0.15) is 17.3 Å². The van der Waals surface area contributed by atoms with Crippen molar-refractivity contribution in [3.05, 3.63) is 48.0 Å². The second kappa shape index (κ2) is 6.41. The molecule has 0 radical (unpaired) electrons. The van der Waals surface area contributed by atoms with Gasteiger partial charge in [-0.3, -0.25) is 14.4 Å². The predicted molar refractivity (Wildman–Crippen MR) is 89.3 cm³/mol. The molecule has 1 aliphatic heterocycles. The molecule has 3 amide bonds. The van der Waals surface area contributed by atoms with Gasteiger partial charge in [0.1, 0.15) is 5.75 Å². The lowest BCUT2D eigenvalue weighted by Crippen LogP contribution is -2.27. The van der Waals surface area contributed by atoms with Crippen LogP contribution in [-0.2, 0) is 9.59 Å². The van der Waals surface area contributed by atoms with E-state index in [1.54, 1.807) is 42.5 Å². The Morgan fingerprint density at radius 3 is 2.38 bits per heavy atom. The number of fused-ring (bicyclic) bond motifs is 1. The Morgan fingerprint density at radius 1 is 1.04 bits per heavy atom. The third-order valence-corrected chi connectivity index (χ3v) is 3.36. The van der Waals surface area contributed by atoms with Crippen LogP contribution in [0.3, 0.4) is 0 Å². The quantitative estimate of drug-likeness (QED) is 0.806. The first-order chi connectivity index (χ1) is 11.5. The van der Waals surface area contributed by atoms with E-state index in [1.807, 2.05) is 0 Å². The summed E-state index contributed by atoms with van der Waals surface area (Å²) in [7, 11) is 0. The second-order valence-corrected chi connectivity index (χ2v) is 5.23. The van der Waals surface area contributed by atoms with Gasteiger partial charge in [-0.05, 0) is 36.4 Å². The minimum atomic E-state index is -0.370. The SMILES string of the molecule is CC(=O)Nc1ccc(NC(=O)c2cccc3c2NC(=O)CO3)cc1. The van der Waals surface area contributed by atoms with E-state index >= 15 is 0 Å². The summed E-state index contributed by atoms with van der Waals surface area (Å²) in [5.74, 6) is -0.381. The molecule has 0 spiro atoms. The van der Waals surface area contributed by atoms with E-state index < -0.39 is 0 Å². The minimum Gasteiger partial charge on any atom is -0.482 e. The summed E-state index contributed by atoms with van der Waals surface area (Å²) in [6, 6.07) is 11.7. The van der Waals surface area contributed by atoms with Crippen molar-refractivity contribution < 1.29 is 19.1 Å². The highest BCUT2D eigenvalue weighted by Gasteiger charge is 2.22. The fourth-order valence-corrected chi connectivity index (χ4v) is 2.33. The van der Waals surface area contributed by atoms with Crippen LogP contribution in [0.2, 0.25) is 0 Å². The molecule has 0 aromatic heterocycles. The maximum Gasteiger partial charge on any atom is 0.262 e. The van der Waals surface area contributed by atoms with Gasteiger partial charge >= 0.3 is 0 Å². The van der Waals surface area contributed by atoms with Gasteiger partial charge in [-0.2, -0.15) is 0 Å². The molecule has 1 heterocycles. The highest BCUT2D eigenvalue weighted by atomic mass is 16.5. The van der Waals surface area contributed by atoms with Gasteiger partial charge in [0.05, 0.1) is 11.3 Å². The number of anilines is 3. The first-order valence-corrected chi connectivity index (χ1v) is 7.27. The average Bonchev–Trinajstić information content (AvgIpc) is 2.55. The number of hydrogen-bond acceptors (Lipinski definition) is 4.